The molecule has 4 rings (SSSR count). The Balaban J connectivity index is 1.59. The van der Waals surface area contributed by atoms with E-state index in [0.29, 0.717) is 30.2 Å². The standard InChI is InChI=1S/C17H19FN6O2/c1-21-14-13(15(25)22(2)17(21)26)19-16(20-14)24-9-7-23(8-10-24)12-5-3-11(18)4-6-12/h3-6H,7-10H2,1-2H3,(H,19,20). The highest BCUT2D eigenvalue weighted by atomic mass is 19.1. The summed E-state index contributed by atoms with van der Waals surface area (Å²) >= 11 is 0. The second kappa shape index (κ2) is 6.01. The summed E-state index contributed by atoms with van der Waals surface area (Å²) < 4.78 is 15.5. The largest absolute Gasteiger partial charge is 0.368 e. The van der Waals surface area contributed by atoms with E-state index >= 15 is 0 Å². The van der Waals surface area contributed by atoms with Crippen molar-refractivity contribution >= 4 is 22.8 Å². The van der Waals surface area contributed by atoms with Crippen molar-refractivity contribution in [2.75, 3.05) is 36.0 Å². The topological polar surface area (TPSA) is 79.2 Å². The van der Waals surface area contributed by atoms with Gasteiger partial charge < -0.3 is 14.8 Å². The molecule has 1 aliphatic heterocycles. The zero-order valence-electron chi connectivity index (χ0n) is 14.6. The first-order valence-corrected chi connectivity index (χ1v) is 8.37. The predicted molar refractivity (Wildman–Crippen MR) is 97.4 cm³/mol. The van der Waals surface area contributed by atoms with Gasteiger partial charge >= 0.3 is 5.69 Å². The van der Waals surface area contributed by atoms with Crippen LogP contribution in [0.15, 0.2) is 33.9 Å². The molecule has 1 fully saturated rings. The number of benzene rings is 1. The van der Waals surface area contributed by atoms with Gasteiger partial charge in [0.05, 0.1) is 0 Å². The summed E-state index contributed by atoms with van der Waals surface area (Å²) in [5, 5.41) is 0. The number of hydrogen-bond donors (Lipinski definition) is 1. The summed E-state index contributed by atoms with van der Waals surface area (Å²) in [4.78, 5) is 36.1. The molecule has 0 bridgehead atoms. The zero-order valence-corrected chi connectivity index (χ0v) is 14.6. The number of fused-ring (bicyclic) bond motifs is 1. The predicted octanol–water partition coefficient (Wildman–Crippen LogP) is 0.426. The normalized spacial score (nSPS) is 15.0. The maximum atomic E-state index is 13.1. The Morgan fingerprint density at radius 1 is 0.962 bits per heavy atom. The van der Waals surface area contributed by atoms with Crippen LogP contribution in [0, 0.1) is 5.82 Å². The maximum absolute atomic E-state index is 13.1. The van der Waals surface area contributed by atoms with Crippen molar-refractivity contribution < 1.29 is 4.39 Å². The number of aromatic nitrogens is 4. The molecule has 0 saturated carbocycles. The highest BCUT2D eigenvalue weighted by Gasteiger charge is 2.22. The summed E-state index contributed by atoms with van der Waals surface area (Å²) in [7, 11) is 3.05. The minimum Gasteiger partial charge on any atom is -0.368 e. The molecule has 1 aliphatic rings. The summed E-state index contributed by atoms with van der Waals surface area (Å²) in [6, 6.07) is 6.45. The molecule has 1 N–H and O–H groups in total. The SMILES string of the molecule is Cn1c(=O)c2[nH]c(N3CCN(c4ccc(F)cc4)CC3)nc2n(C)c1=O. The van der Waals surface area contributed by atoms with Gasteiger partial charge in [0.15, 0.2) is 11.2 Å². The molecule has 3 aromatic rings. The number of nitrogens with zero attached hydrogens (tertiary/aromatic N) is 5. The number of imidazole rings is 1. The van der Waals surface area contributed by atoms with Gasteiger partial charge in [0.1, 0.15) is 5.82 Å². The van der Waals surface area contributed by atoms with Crippen LogP contribution in [0.2, 0.25) is 0 Å². The lowest BCUT2D eigenvalue weighted by molar-refractivity contribution is 0.623. The highest BCUT2D eigenvalue weighted by Crippen LogP contribution is 2.20. The lowest BCUT2D eigenvalue weighted by Crippen LogP contribution is -2.47. The number of anilines is 2. The van der Waals surface area contributed by atoms with Crippen molar-refractivity contribution in [1.82, 2.24) is 19.1 Å². The minimum atomic E-state index is -0.401. The Kier molecular flexibility index (Phi) is 3.78. The van der Waals surface area contributed by atoms with Crippen LogP contribution in [0.25, 0.3) is 11.2 Å². The molecule has 0 amide bonds. The third-order valence-corrected chi connectivity index (χ3v) is 4.85. The van der Waals surface area contributed by atoms with Crippen LogP contribution >= 0.6 is 0 Å². The summed E-state index contributed by atoms with van der Waals surface area (Å²) in [5.41, 5.74) is 0.875. The molecule has 1 saturated heterocycles. The zero-order chi connectivity index (χ0) is 18.4. The monoisotopic (exact) mass is 358 g/mol. The van der Waals surface area contributed by atoms with Crippen molar-refractivity contribution in [2.24, 2.45) is 14.1 Å². The molecule has 1 aromatic carbocycles. The lowest BCUT2D eigenvalue weighted by Gasteiger charge is -2.35. The Morgan fingerprint density at radius 2 is 1.58 bits per heavy atom. The molecule has 0 unspecified atom stereocenters. The minimum absolute atomic E-state index is 0.248. The Hall–Kier alpha value is -3.10. The summed E-state index contributed by atoms with van der Waals surface area (Å²) in [6.45, 7) is 2.90. The number of H-pyrrole nitrogens is 1. The first kappa shape index (κ1) is 16.4. The number of rotatable bonds is 2. The van der Waals surface area contributed by atoms with E-state index in [9.17, 15) is 14.0 Å². The van der Waals surface area contributed by atoms with E-state index in [1.54, 1.807) is 19.2 Å². The third kappa shape index (κ3) is 2.56. The highest BCUT2D eigenvalue weighted by molar-refractivity contribution is 5.73. The summed E-state index contributed by atoms with van der Waals surface area (Å²) in [6.07, 6.45) is 0. The van der Waals surface area contributed by atoms with Gasteiger partial charge in [-0.1, -0.05) is 0 Å². The smallest absolute Gasteiger partial charge is 0.332 e. The number of piperazine rings is 1. The molecule has 9 heteroatoms. The van der Waals surface area contributed by atoms with Crippen LogP contribution in [0.3, 0.4) is 0 Å². The molecule has 0 spiro atoms. The Morgan fingerprint density at radius 3 is 2.23 bits per heavy atom. The van der Waals surface area contributed by atoms with Gasteiger partial charge in [-0.25, -0.2) is 9.18 Å². The van der Waals surface area contributed by atoms with Crippen LogP contribution in [-0.2, 0) is 14.1 Å². The molecule has 3 heterocycles. The number of halogens is 1. The third-order valence-electron chi connectivity index (χ3n) is 4.85. The van der Waals surface area contributed by atoms with Gasteiger partial charge in [-0.15, -0.1) is 0 Å². The van der Waals surface area contributed by atoms with Crippen LogP contribution in [0.4, 0.5) is 16.0 Å². The van der Waals surface area contributed by atoms with Crippen LogP contribution < -0.4 is 21.0 Å². The Bertz CT molecular complexity index is 1070. The fraction of sp³-hybridized carbons (Fsp3) is 0.353. The Labute approximate surface area is 148 Å². The number of aromatic amines is 1. The molecule has 2 aromatic heterocycles. The van der Waals surface area contributed by atoms with Crippen LogP contribution in [0.5, 0.6) is 0 Å². The van der Waals surface area contributed by atoms with E-state index in [1.165, 1.54) is 23.7 Å². The molecule has 136 valence electrons. The molecule has 0 aliphatic carbocycles. The molecule has 26 heavy (non-hydrogen) atoms. The van der Waals surface area contributed by atoms with Crippen molar-refractivity contribution in [2.45, 2.75) is 0 Å². The van der Waals surface area contributed by atoms with E-state index in [4.69, 9.17) is 0 Å². The molecular formula is C17H19FN6O2. The maximum Gasteiger partial charge on any atom is 0.332 e. The first-order valence-electron chi connectivity index (χ1n) is 8.37. The van der Waals surface area contributed by atoms with Crippen molar-refractivity contribution in [1.29, 1.82) is 0 Å². The van der Waals surface area contributed by atoms with E-state index in [1.807, 2.05) is 4.90 Å². The quantitative estimate of drug-likeness (QED) is 0.719. The second-order valence-electron chi connectivity index (χ2n) is 6.42. The van der Waals surface area contributed by atoms with Gasteiger partial charge in [0.2, 0.25) is 5.95 Å². The van der Waals surface area contributed by atoms with E-state index < -0.39 is 5.69 Å². The average molecular weight is 358 g/mol. The molecule has 8 nitrogen and oxygen atoms in total. The van der Waals surface area contributed by atoms with Gasteiger partial charge in [0.25, 0.3) is 5.56 Å². The van der Waals surface area contributed by atoms with E-state index in [2.05, 4.69) is 14.9 Å². The second-order valence-corrected chi connectivity index (χ2v) is 6.42. The summed E-state index contributed by atoms with van der Waals surface area (Å²) in [5.74, 6) is 0.332. The van der Waals surface area contributed by atoms with Crippen molar-refractivity contribution in [3.63, 3.8) is 0 Å². The van der Waals surface area contributed by atoms with Crippen molar-refractivity contribution in [3.8, 4) is 0 Å². The van der Waals surface area contributed by atoms with E-state index in [0.717, 1.165) is 23.3 Å². The van der Waals surface area contributed by atoms with Gasteiger partial charge in [-0.3, -0.25) is 13.9 Å². The van der Waals surface area contributed by atoms with Crippen LogP contribution in [-0.4, -0.2) is 45.3 Å². The van der Waals surface area contributed by atoms with Gasteiger partial charge in [0, 0.05) is 46.0 Å². The molecular weight excluding hydrogens is 339 g/mol. The first-order chi connectivity index (χ1) is 12.5. The van der Waals surface area contributed by atoms with Crippen LogP contribution in [0.1, 0.15) is 0 Å². The average Bonchev–Trinajstić information content (AvgIpc) is 3.11. The van der Waals surface area contributed by atoms with E-state index in [-0.39, 0.29) is 11.4 Å². The molecule has 0 atom stereocenters. The lowest BCUT2D eigenvalue weighted by atomic mass is 10.2. The van der Waals surface area contributed by atoms with Gasteiger partial charge in [-0.05, 0) is 24.3 Å². The van der Waals surface area contributed by atoms with Crippen molar-refractivity contribution in [3.05, 3.63) is 50.9 Å². The number of aryl methyl sites for hydroxylation is 1. The number of hydrogen-bond acceptors (Lipinski definition) is 5. The molecule has 0 radical (unpaired) electrons. The fourth-order valence-corrected chi connectivity index (χ4v) is 3.29. The van der Waals surface area contributed by atoms with Gasteiger partial charge in [-0.2, -0.15) is 4.98 Å². The number of nitrogens with one attached hydrogen (secondary N) is 1. The fourth-order valence-electron chi connectivity index (χ4n) is 3.29.